The first-order valence-electron chi connectivity index (χ1n) is 12.7. The number of fused-ring (bicyclic) bond motifs is 2. The average Bonchev–Trinajstić information content (AvgIpc) is 3.17. The molecule has 5 saturated carbocycles. The molecule has 5 aliphatic carbocycles. The van der Waals surface area contributed by atoms with E-state index in [9.17, 15) is 20.1 Å². The van der Waals surface area contributed by atoms with Gasteiger partial charge in [0.2, 0.25) is 0 Å². The molecule has 12 atom stereocenters. The Morgan fingerprint density at radius 1 is 1.18 bits per heavy atom. The highest BCUT2D eigenvalue weighted by Crippen LogP contribution is 2.80. The molecule has 186 valence electrons. The Morgan fingerprint density at radius 2 is 1.94 bits per heavy atom. The minimum atomic E-state index is -1.45. The van der Waals surface area contributed by atoms with Crippen molar-refractivity contribution < 1.29 is 34.3 Å². The fourth-order valence-corrected chi connectivity index (χ4v) is 10.7. The minimum absolute atomic E-state index is 0.0452. The lowest BCUT2D eigenvalue weighted by Crippen LogP contribution is -2.81. The minimum Gasteiger partial charge on any atom is -0.462 e. The van der Waals surface area contributed by atoms with Gasteiger partial charge in [-0.2, -0.15) is 0 Å². The fourth-order valence-electron chi connectivity index (χ4n) is 10.7. The van der Waals surface area contributed by atoms with Crippen LogP contribution in [0.2, 0.25) is 0 Å². The molecule has 6 aliphatic rings. The summed E-state index contributed by atoms with van der Waals surface area (Å²) in [6.45, 7) is 5.63. The van der Waals surface area contributed by atoms with Gasteiger partial charge in [0, 0.05) is 62.8 Å². The number of piperidine rings is 1. The molecule has 1 spiro atoms. The highest BCUT2D eigenvalue weighted by Gasteiger charge is 2.88. The van der Waals surface area contributed by atoms with E-state index in [2.05, 4.69) is 11.8 Å². The first-order valence-corrected chi connectivity index (χ1v) is 12.7. The summed E-state index contributed by atoms with van der Waals surface area (Å²) in [6, 6.07) is -0.334. The zero-order valence-electron chi connectivity index (χ0n) is 20.2. The van der Waals surface area contributed by atoms with Crippen molar-refractivity contribution in [2.24, 2.45) is 34.5 Å². The number of aliphatic hydroxyl groups is 3. The van der Waals surface area contributed by atoms with Crippen LogP contribution in [0.4, 0.5) is 0 Å². The molecular weight excluding hydrogens is 426 g/mol. The topological polar surface area (TPSA) is 109 Å². The van der Waals surface area contributed by atoms with Gasteiger partial charge >= 0.3 is 5.97 Å². The lowest BCUT2D eigenvalue weighted by Gasteiger charge is -2.70. The van der Waals surface area contributed by atoms with Crippen LogP contribution in [0, 0.1) is 34.5 Å². The molecule has 0 aromatic carbocycles. The molecule has 0 unspecified atom stereocenters. The number of likely N-dealkylation sites (tertiary alicyclic amines) is 1. The third kappa shape index (κ3) is 2.32. The van der Waals surface area contributed by atoms with Gasteiger partial charge in [-0.3, -0.25) is 9.69 Å². The molecule has 1 heterocycles. The summed E-state index contributed by atoms with van der Waals surface area (Å²) < 4.78 is 17.5. The summed E-state index contributed by atoms with van der Waals surface area (Å²) >= 11 is 0. The first-order chi connectivity index (χ1) is 15.6. The lowest BCUT2D eigenvalue weighted by molar-refractivity contribution is -0.313. The molecule has 0 amide bonds. The number of esters is 1. The Kier molecular flexibility index (Phi) is 4.75. The molecule has 33 heavy (non-hydrogen) atoms. The Balaban J connectivity index is 1.60. The van der Waals surface area contributed by atoms with Crippen molar-refractivity contribution in [1.82, 2.24) is 4.90 Å². The highest BCUT2D eigenvalue weighted by atomic mass is 16.5. The molecule has 8 heteroatoms. The van der Waals surface area contributed by atoms with Crippen LogP contribution in [0.5, 0.6) is 0 Å². The fraction of sp³-hybridized carbons (Fsp3) is 0.960. The summed E-state index contributed by atoms with van der Waals surface area (Å²) in [6.07, 6.45) is 1.61. The summed E-state index contributed by atoms with van der Waals surface area (Å²) in [5.41, 5.74) is -3.60. The zero-order valence-corrected chi connectivity index (χ0v) is 20.2. The van der Waals surface area contributed by atoms with Crippen LogP contribution in [-0.4, -0.2) is 95.7 Å². The van der Waals surface area contributed by atoms with E-state index >= 15 is 0 Å². The van der Waals surface area contributed by atoms with Crippen molar-refractivity contribution >= 4 is 5.97 Å². The second-order valence-corrected chi connectivity index (χ2v) is 12.0. The van der Waals surface area contributed by atoms with Crippen LogP contribution < -0.4 is 0 Å². The molecule has 7 bridgehead atoms. The van der Waals surface area contributed by atoms with Gasteiger partial charge in [-0.15, -0.1) is 0 Å². The molecule has 1 aliphatic heterocycles. The summed E-state index contributed by atoms with van der Waals surface area (Å²) in [4.78, 5) is 14.5. The van der Waals surface area contributed by atoms with E-state index in [1.165, 1.54) is 6.92 Å². The van der Waals surface area contributed by atoms with Gasteiger partial charge in [-0.05, 0) is 44.1 Å². The van der Waals surface area contributed by atoms with Crippen molar-refractivity contribution in [2.75, 3.05) is 33.9 Å². The Morgan fingerprint density at radius 3 is 2.58 bits per heavy atom. The molecule has 8 nitrogen and oxygen atoms in total. The van der Waals surface area contributed by atoms with Gasteiger partial charge in [-0.1, -0.05) is 6.92 Å². The molecule has 1 saturated heterocycles. The van der Waals surface area contributed by atoms with Crippen LogP contribution in [0.25, 0.3) is 0 Å². The molecular formula is C25H39NO7. The standard InChI is InChI=1S/C25H39NO7/c1-5-26-11-22(12-31-3)7-6-18(28)25-15-8-14-16(32-4)9-23(29,19(15)20(14)33-13(2)27)24(30,21(25)26)10-17(22)25/h14-21,28-30H,5-12H2,1-4H3/t14-,15+,16-,17-,18-,19+,20-,21+,22-,23+,24-,25+/m0/s1. The maximum atomic E-state index is 12.7. The van der Waals surface area contributed by atoms with Crippen molar-refractivity contribution in [3.63, 3.8) is 0 Å². The molecule has 0 radical (unpaired) electrons. The summed E-state index contributed by atoms with van der Waals surface area (Å²) in [5.74, 6) is -0.845. The Hall–Kier alpha value is -0.770. The summed E-state index contributed by atoms with van der Waals surface area (Å²) in [7, 11) is 3.37. The number of likely N-dealkylation sites (N-methyl/N-ethyl adjacent to an activating group) is 1. The van der Waals surface area contributed by atoms with Crippen LogP contribution >= 0.6 is 0 Å². The van der Waals surface area contributed by atoms with Crippen molar-refractivity contribution in [3.8, 4) is 0 Å². The maximum Gasteiger partial charge on any atom is 0.302 e. The number of nitrogens with zero attached hydrogens (tertiary/aromatic N) is 1. The predicted octanol–water partition coefficient (Wildman–Crippen LogP) is 0.563. The van der Waals surface area contributed by atoms with E-state index in [-0.39, 0.29) is 41.3 Å². The van der Waals surface area contributed by atoms with E-state index < -0.39 is 34.7 Å². The Labute approximate surface area is 195 Å². The van der Waals surface area contributed by atoms with E-state index in [1.807, 2.05) is 0 Å². The average molecular weight is 466 g/mol. The predicted molar refractivity (Wildman–Crippen MR) is 117 cm³/mol. The van der Waals surface area contributed by atoms with Gasteiger partial charge in [0.15, 0.2) is 0 Å². The zero-order chi connectivity index (χ0) is 23.6. The number of carbonyl (C=O) groups excluding carboxylic acids is 1. The second-order valence-electron chi connectivity index (χ2n) is 12.0. The van der Waals surface area contributed by atoms with Crippen LogP contribution in [0.15, 0.2) is 0 Å². The number of methoxy groups -OCH3 is 2. The SMILES string of the molecule is CCN1C[C@]2(COC)CC[C@H](O)[C@@]34[C@@H]5C[C@@H]6[C@H](OC(C)=O)[C@@H]5[C@](O)(C[C@@H]6OC)[C@](O)(C[C@@H]23)[C@@H]14. The number of aliphatic hydroxyl groups excluding tert-OH is 1. The van der Waals surface area contributed by atoms with Crippen LogP contribution in [0.1, 0.15) is 46.0 Å². The van der Waals surface area contributed by atoms with Gasteiger partial charge in [-0.25, -0.2) is 0 Å². The monoisotopic (exact) mass is 465 g/mol. The molecule has 0 aromatic heterocycles. The quantitative estimate of drug-likeness (QED) is 0.506. The van der Waals surface area contributed by atoms with E-state index in [1.54, 1.807) is 14.2 Å². The number of carbonyl (C=O) groups is 1. The molecule has 0 aromatic rings. The van der Waals surface area contributed by atoms with Gasteiger partial charge in [0.05, 0.1) is 18.8 Å². The number of hydrogen-bond donors (Lipinski definition) is 3. The first kappa shape index (κ1) is 22.7. The van der Waals surface area contributed by atoms with Gasteiger partial charge < -0.3 is 29.5 Å². The third-order valence-corrected chi connectivity index (χ3v) is 11.3. The molecule has 3 N–H and O–H groups in total. The van der Waals surface area contributed by atoms with E-state index in [0.717, 1.165) is 25.9 Å². The van der Waals surface area contributed by atoms with Crippen LogP contribution in [0.3, 0.4) is 0 Å². The normalized spacial score (nSPS) is 58.4. The highest BCUT2D eigenvalue weighted by molar-refractivity contribution is 5.66. The van der Waals surface area contributed by atoms with Crippen molar-refractivity contribution in [2.45, 2.75) is 81.5 Å². The van der Waals surface area contributed by atoms with Gasteiger partial charge in [0.25, 0.3) is 0 Å². The number of rotatable bonds is 5. The molecule has 6 fully saturated rings. The maximum absolute atomic E-state index is 12.7. The largest absolute Gasteiger partial charge is 0.462 e. The van der Waals surface area contributed by atoms with Crippen molar-refractivity contribution in [1.29, 1.82) is 0 Å². The number of hydrogen-bond acceptors (Lipinski definition) is 8. The third-order valence-electron chi connectivity index (χ3n) is 11.3. The van der Waals surface area contributed by atoms with Crippen molar-refractivity contribution in [3.05, 3.63) is 0 Å². The summed E-state index contributed by atoms with van der Waals surface area (Å²) in [5, 5.41) is 37.0. The number of ether oxygens (including phenoxy) is 3. The smallest absolute Gasteiger partial charge is 0.302 e. The lowest BCUT2D eigenvalue weighted by atomic mass is 9.42. The Bertz CT molecular complexity index is 855. The second kappa shape index (κ2) is 6.92. The van der Waals surface area contributed by atoms with Crippen LogP contribution in [-0.2, 0) is 19.0 Å². The van der Waals surface area contributed by atoms with E-state index in [4.69, 9.17) is 14.2 Å². The van der Waals surface area contributed by atoms with Gasteiger partial charge in [0.1, 0.15) is 17.3 Å². The van der Waals surface area contributed by atoms with E-state index in [0.29, 0.717) is 25.9 Å². The molecule has 6 rings (SSSR count).